The van der Waals surface area contributed by atoms with Crippen molar-refractivity contribution in [2.45, 2.75) is 12.5 Å². The molecule has 2 aliphatic heterocycles. The third-order valence-electron chi connectivity index (χ3n) is 4.14. The summed E-state index contributed by atoms with van der Waals surface area (Å²) in [6, 6.07) is 9.97. The van der Waals surface area contributed by atoms with E-state index in [4.69, 9.17) is 16.3 Å². The lowest BCUT2D eigenvalue weighted by Crippen LogP contribution is -2.30. The highest BCUT2D eigenvalue weighted by molar-refractivity contribution is 6.35. The second-order valence-corrected chi connectivity index (χ2v) is 5.90. The molecule has 116 valence electrons. The highest BCUT2D eigenvalue weighted by atomic mass is 35.5. The normalized spacial score (nSPS) is 18.9. The number of anilines is 1. The lowest BCUT2D eigenvalue weighted by molar-refractivity contribution is 0.0926. The van der Waals surface area contributed by atoms with E-state index in [1.165, 1.54) is 0 Å². The molecule has 0 aliphatic carbocycles. The predicted octanol–water partition coefficient (Wildman–Crippen LogP) is 2.44. The largest absolute Gasteiger partial charge is 0.486 e. The lowest BCUT2D eigenvalue weighted by Gasteiger charge is -2.17. The van der Waals surface area contributed by atoms with Gasteiger partial charge in [0, 0.05) is 12.0 Å². The average molecular weight is 330 g/mol. The van der Waals surface area contributed by atoms with Gasteiger partial charge < -0.3 is 9.84 Å². The van der Waals surface area contributed by atoms with E-state index in [0.29, 0.717) is 39.6 Å². The summed E-state index contributed by atoms with van der Waals surface area (Å²) in [4.78, 5) is 26.4. The van der Waals surface area contributed by atoms with Gasteiger partial charge in [0.15, 0.2) is 0 Å². The molecule has 0 fully saturated rings. The summed E-state index contributed by atoms with van der Waals surface area (Å²) in [6.45, 7) is -0.160. The minimum atomic E-state index is -0.418. The summed E-state index contributed by atoms with van der Waals surface area (Å²) < 4.78 is 5.60. The molecule has 2 aromatic rings. The maximum absolute atomic E-state index is 12.6. The minimum absolute atomic E-state index is 0.160. The number of benzene rings is 2. The monoisotopic (exact) mass is 329 g/mol. The Hall–Kier alpha value is -2.37. The summed E-state index contributed by atoms with van der Waals surface area (Å²) >= 11 is 6.14. The maximum Gasteiger partial charge on any atom is 0.266 e. The van der Waals surface area contributed by atoms with Gasteiger partial charge in [-0.25, -0.2) is 4.90 Å². The number of aliphatic hydroxyl groups is 1. The van der Waals surface area contributed by atoms with Gasteiger partial charge in [-0.05, 0) is 24.3 Å². The fourth-order valence-electron chi connectivity index (χ4n) is 3.07. The van der Waals surface area contributed by atoms with Crippen LogP contribution in [0.15, 0.2) is 36.4 Å². The van der Waals surface area contributed by atoms with Crippen LogP contribution in [0.1, 0.15) is 26.3 Å². The molecule has 6 heteroatoms. The summed E-state index contributed by atoms with van der Waals surface area (Å²) in [7, 11) is 0. The molecule has 1 unspecified atom stereocenters. The molecule has 5 nitrogen and oxygen atoms in total. The quantitative estimate of drug-likeness (QED) is 0.859. The third-order valence-corrected chi connectivity index (χ3v) is 4.44. The Labute approximate surface area is 137 Å². The van der Waals surface area contributed by atoms with Crippen LogP contribution in [-0.2, 0) is 6.42 Å². The first-order chi connectivity index (χ1) is 11.1. The van der Waals surface area contributed by atoms with Crippen molar-refractivity contribution < 1.29 is 19.4 Å². The molecule has 0 spiro atoms. The fraction of sp³-hybridized carbons (Fsp3) is 0.176. The van der Waals surface area contributed by atoms with Gasteiger partial charge in [0.25, 0.3) is 11.8 Å². The van der Waals surface area contributed by atoms with Crippen molar-refractivity contribution >= 4 is 29.1 Å². The first kappa shape index (κ1) is 14.2. The van der Waals surface area contributed by atoms with Crippen molar-refractivity contribution in [2.75, 3.05) is 11.5 Å². The number of aliphatic hydroxyl groups excluding tert-OH is 1. The van der Waals surface area contributed by atoms with Crippen LogP contribution in [0.3, 0.4) is 0 Å². The molecule has 0 aromatic heterocycles. The molecule has 2 heterocycles. The summed E-state index contributed by atoms with van der Waals surface area (Å²) in [5.41, 5.74) is 1.91. The van der Waals surface area contributed by atoms with E-state index in [0.717, 1.165) is 4.90 Å². The van der Waals surface area contributed by atoms with Crippen LogP contribution in [0.2, 0.25) is 5.02 Å². The van der Waals surface area contributed by atoms with Gasteiger partial charge in [-0.3, -0.25) is 9.59 Å². The van der Waals surface area contributed by atoms with Crippen molar-refractivity contribution in [3.05, 3.63) is 58.1 Å². The molecule has 2 aromatic carbocycles. The Morgan fingerprint density at radius 1 is 1.13 bits per heavy atom. The first-order valence-corrected chi connectivity index (χ1v) is 7.56. The average Bonchev–Trinajstić information content (AvgIpc) is 3.11. The molecular weight excluding hydrogens is 318 g/mol. The topological polar surface area (TPSA) is 66.8 Å². The molecule has 0 radical (unpaired) electrons. The van der Waals surface area contributed by atoms with Crippen molar-refractivity contribution in [1.29, 1.82) is 0 Å². The second kappa shape index (κ2) is 5.08. The zero-order chi connectivity index (χ0) is 16.1. The number of rotatable bonds is 2. The molecule has 0 saturated heterocycles. The number of fused-ring (bicyclic) bond motifs is 2. The summed E-state index contributed by atoms with van der Waals surface area (Å²) in [5.74, 6) is -0.287. The predicted molar refractivity (Wildman–Crippen MR) is 84.2 cm³/mol. The van der Waals surface area contributed by atoms with Crippen molar-refractivity contribution in [3.63, 3.8) is 0 Å². The van der Waals surface area contributed by atoms with E-state index in [-0.39, 0.29) is 18.4 Å². The molecule has 1 atom stereocenters. The lowest BCUT2D eigenvalue weighted by atomic mass is 10.1. The number of ether oxygens (including phenoxy) is 1. The van der Waals surface area contributed by atoms with E-state index in [2.05, 4.69) is 0 Å². The second-order valence-electron chi connectivity index (χ2n) is 5.49. The smallest absolute Gasteiger partial charge is 0.266 e. The van der Waals surface area contributed by atoms with Gasteiger partial charge in [-0.2, -0.15) is 0 Å². The Morgan fingerprint density at radius 3 is 2.39 bits per heavy atom. The van der Waals surface area contributed by atoms with E-state index in [9.17, 15) is 14.7 Å². The molecular formula is C17H12ClNO4. The van der Waals surface area contributed by atoms with Crippen LogP contribution in [-0.4, -0.2) is 29.6 Å². The minimum Gasteiger partial charge on any atom is -0.486 e. The van der Waals surface area contributed by atoms with Gasteiger partial charge in [-0.1, -0.05) is 23.7 Å². The molecule has 2 amide bonds. The first-order valence-electron chi connectivity index (χ1n) is 7.18. The Kier molecular flexibility index (Phi) is 3.14. The van der Waals surface area contributed by atoms with Crippen LogP contribution in [0, 0.1) is 0 Å². The van der Waals surface area contributed by atoms with Crippen LogP contribution in [0.5, 0.6) is 5.75 Å². The Bertz CT molecular complexity index is 813. The molecule has 23 heavy (non-hydrogen) atoms. The van der Waals surface area contributed by atoms with Gasteiger partial charge >= 0.3 is 0 Å². The van der Waals surface area contributed by atoms with Crippen LogP contribution >= 0.6 is 11.6 Å². The molecule has 0 bridgehead atoms. The van der Waals surface area contributed by atoms with Crippen molar-refractivity contribution in [3.8, 4) is 5.75 Å². The number of amides is 2. The van der Waals surface area contributed by atoms with Crippen LogP contribution in [0.25, 0.3) is 0 Å². The molecule has 0 saturated carbocycles. The number of carbonyl (C=O) groups excluding carboxylic acids is 2. The van der Waals surface area contributed by atoms with Gasteiger partial charge in [-0.15, -0.1) is 0 Å². The van der Waals surface area contributed by atoms with E-state index in [1.54, 1.807) is 36.4 Å². The van der Waals surface area contributed by atoms with E-state index < -0.39 is 6.10 Å². The zero-order valence-corrected chi connectivity index (χ0v) is 12.7. The van der Waals surface area contributed by atoms with Gasteiger partial charge in [0.05, 0.1) is 28.4 Å². The fourth-order valence-corrected chi connectivity index (χ4v) is 3.29. The van der Waals surface area contributed by atoms with Crippen molar-refractivity contribution in [1.82, 2.24) is 0 Å². The maximum atomic E-state index is 12.6. The van der Waals surface area contributed by atoms with Crippen molar-refractivity contribution in [2.24, 2.45) is 0 Å². The highest BCUT2D eigenvalue weighted by Gasteiger charge is 2.39. The zero-order valence-electron chi connectivity index (χ0n) is 12.0. The van der Waals surface area contributed by atoms with E-state index >= 15 is 0 Å². The highest BCUT2D eigenvalue weighted by Crippen LogP contribution is 2.43. The molecule has 4 rings (SSSR count). The number of hydrogen-bond acceptors (Lipinski definition) is 4. The number of carbonyl (C=O) groups is 2. The van der Waals surface area contributed by atoms with Gasteiger partial charge in [0.1, 0.15) is 11.9 Å². The number of imide groups is 1. The number of halogens is 1. The number of nitrogens with zero attached hydrogens (tertiary/aromatic N) is 1. The SMILES string of the molecule is O=C1c2ccccc2C(=O)N1c1ccc(Cl)c2c1CC(CO)O2. The number of hydrogen-bond donors (Lipinski definition) is 1. The molecule has 1 N–H and O–H groups in total. The van der Waals surface area contributed by atoms with Gasteiger partial charge in [0.2, 0.25) is 0 Å². The summed E-state index contributed by atoms with van der Waals surface area (Å²) in [6.07, 6.45) is -0.0198. The third kappa shape index (κ3) is 1.97. The van der Waals surface area contributed by atoms with Crippen LogP contribution in [0.4, 0.5) is 5.69 Å². The Balaban J connectivity index is 1.84. The van der Waals surface area contributed by atoms with E-state index in [1.807, 2.05) is 0 Å². The molecule has 2 aliphatic rings. The Morgan fingerprint density at radius 2 is 1.78 bits per heavy atom. The summed E-state index contributed by atoms with van der Waals surface area (Å²) in [5, 5.41) is 9.72. The standard InChI is InChI=1S/C17H12ClNO4/c18-13-5-6-14(12-7-9(8-20)23-15(12)13)19-16(21)10-3-1-2-4-11(10)17(19)22/h1-6,9,20H,7-8H2. The van der Waals surface area contributed by atoms with Crippen LogP contribution < -0.4 is 9.64 Å².